The van der Waals surface area contributed by atoms with Crippen molar-refractivity contribution in [2.45, 2.75) is 12.0 Å². The zero-order chi connectivity index (χ0) is 16.9. The Morgan fingerprint density at radius 2 is 1.75 bits per heavy atom. The predicted octanol–water partition coefficient (Wildman–Crippen LogP) is 3.52. The van der Waals surface area contributed by atoms with E-state index in [2.05, 4.69) is 22.6 Å². The van der Waals surface area contributed by atoms with Crippen molar-refractivity contribution in [1.82, 2.24) is 4.90 Å². The molecule has 4 nitrogen and oxygen atoms in total. The maximum atomic E-state index is 13.1. The predicted molar refractivity (Wildman–Crippen MR) is 101 cm³/mol. The molecule has 0 radical (unpaired) electrons. The number of amides is 2. The van der Waals surface area contributed by atoms with Crippen LogP contribution in [0.5, 0.6) is 0 Å². The number of β-lactam (4-membered cyclic amide) rings is 1. The van der Waals surface area contributed by atoms with E-state index in [0.717, 1.165) is 22.5 Å². The van der Waals surface area contributed by atoms with E-state index in [-0.39, 0.29) is 18.2 Å². The molecule has 1 atom stereocenters. The van der Waals surface area contributed by atoms with Gasteiger partial charge in [-0.15, -0.1) is 0 Å². The molecule has 2 aromatic carbocycles. The molecule has 0 aliphatic carbocycles. The van der Waals surface area contributed by atoms with Crippen molar-refractivity contribution < 1.29 is 9.59 Å². The average molecular weight is 430 g/mol. The Kier molecular flexibility index (Phi) is 3.49. The Hall–Kier alpha value is -2.15. The van der Waals surface area contributed by atoms with E-state index >= 15 is 0 Å². The summed E-state index contributed by atoms with van der Waals surface area (Å²) in [4.78, 5) is 28.9. The summed E-state index contributed by atoms with van der Waals surface area (Å²) in [6.45, 7) is 0. The number of fused-ring (bicyclic) bond motifs is 2. The first-order valence-electron chi connectivity index (χ1n) is 7.68. The molecule has 2 aliphatic heterocycles. The van der Waals surface area contributed by atoms with Crippen molar-refractivity contribution in [1.29, 1.82) is 0 Å². The van der Waals surface area contributed by atoms with Crippen LogP contribution in [-0.2, 0) is 15.1 Å². The molecule has 1 spiro atoms. The summed E-state index contributed by atoms with van der Waals surface area (Å²) in [5.74, 6) is -0.0739. The van der Waals surface area contributed by atoms with Crippen LogP contribution in [-0.4, -0.2) is 23.8 Å². The second kappa shape index (κ2) is 5.44. The summed E-state index contributed by atoms with van der Waals surface area (Å²) in [5.41, 5.74) is 2.57. The number of hydrogen-bond acceptors (Lipinski definition) is 2. The SMILES string of the molecule is CN1C(=O)C2(CC(=O)N2/C(=C/I)c2ccccc2)c2ccccc21. The van der Waals surface area contributed by atoms with Crippen LogP contribution in [0.4, 0.5) is 5.69 Å². The van der Waals surface area contributed by atoms with E-state index in [0.29, 0.717) is 0 Å². The van der Waals surface area contributed by atoms with Gasteiger partial charge in [-0.25, -0.2) is 0 Å². The standard InChI is InChI=1S/C19H15IN2O2/c1-21-15-10-6-5-9-14(15)19(18(21)24)11-17(23)22(19)16(12-20)13-7-3-2-4-8-13/h2-10,12H,11H2,1H3/b16-12+. The first-order valence-corrected chi connectivity index (χ1v) is 8.92. The highest BCUT2D eigenvalue weighted by Gasteiger charge is 2.64. The van der Waals surface area contributed by atoms with Gasteiger partial charge >= 0.3 is 0 Å². The van der Waals surface area contributed by atoms with Gasteiger partial charge in [-0.2, -0.15) is 0 Å². The number of anilines is 1. The van der Waals surface area contributed by atoms with Gasteiger partial charge in [-0.05, 0) is 11.6 Å². The van der Waals surface area contributed by atoms with Gasteiger partial charge in [0.15, 0.2) is 5.54 Å². The van der Waals surface area contributed by atoms with Gasteiger partial charge in [-0.1, -0.05) is 71.1 Å². The van der Waals surface area contributed by atoms with Crippen molar-refractivity contribution in [3.05, 3.63) is 69.8 Å². The summed E-state index contributed by atoms with van der Waals surface area (Å²) in [7, 11) is 1.77. The van der Waals surface area contributed by atoms with Crippen molar-refractivity contribution in [3.63, 3.8) is 0 Å². The molecule has 2 amide bonds. The van der Waals surface area contributed by atoms with Gasteiger partial charge in [0.25, 0.3) is 5.91 Å². The smallest absolute Gasteiger partial charge is 0.258 e. The summed E-state index contributed by atoms with van der Waals surface area (Å²) < 4.78 is 1.88. The van der Waals surface area contributed by atoms with Crippen molar-refractivity contribution in [2.24, 2.45) is 0 Å². The second-order valence-corrected chi connectivity index (χ2v) is 6.63. The Bertz CT molecular complexity index is 878. The van der Waals surface area contributed by atoms with Crippen LogP contribution in [0.15, 0.2) is 58.7 Å². The number of para-hydroxylation sites is 1. The summed E-state index contributed by atoms with van der Waals surface area (Å²) in [6.07, 6.45) is 0.216. The quantitative estimate of drug-likeness (QED) is 0.541. The molecular weight excluding hydrogens is 415 g/mol. The van der Waals surface area contributed by atoms with Gasteiger partial charge in [0.05, 0.1) is 12.1 Å². The normalized spacial score (nSPS) is 22.8. The lowest BCUT2D eigenvalue weighted by Gasteiger charge is -2.49. The van der Waals surface area contributed by atoms with Crippen LogP contribution in [0.1, 0.15) is 17.5 Å². The summed E-state index contributed by atoms with van der Waals surface area (Å²) in [6, 6.07) is 17.4. The Balaban J connectivity index is 1.88. The first-order chi connectivity index (χ1) is 11.6. The van der Waals surface area contributed by atoms with E-state index in [1.54, 1.807) is 16.8 Å². The lowest BCUT2D eigenvalue weighted by Crippen LogP contribution is -2.64. The molecule has 2 aromatic rings. The summed E-state index contributed by atoms with van der Waals surface area (Å²) >= 11 is 2.14. The van der Waals surface area contributed by atoms with E-state index in [1.807, 2.05) is 58.7 Å². The zero-order valence-electron chi connectivity index (χ0n) is 13.1. The van der Waals surface area contributed by atoms with Crippen LogP contribution in [0.25, 0.3) is 5.70 Å². The van der Waals surface area contributed by atoms with Crippen molar-refractivity contribution in [2.75, 3.05) is 11.9 Å². The van der Waals surface area contributed by atoms with Gasteiger partial charge in [-0.3, -0.25) is 14.5 Å². The molecule has 0 saturated carbocycles. The molecular formula is C19H15IN2O2. The van der Waals surface area contributed by atoms with Gasteiger partial charge in [0, 0.05) is 22.4 Å². The fraction of sp³-hybridized carbons (Fsp3) is 0.158. The number of carbonyl (C=O) groups excluding carboxylic acids is 2. The van der Waals surface area contributed by atoms with Crippen molar-refractivity contribution >= 4 is 45.8 Å². The fourth-order valence-electron chi connectivity index (χ4n) is 3.69. The first kappa shape index (κ1) is 15.4. The minimum absolute atomic E-state index is 0.0276. The molecule has 2 aliphatic rings. The third-order valence-electron chi connectivity index (χ3n) is 4.82. The Morgan fingerprint density at radius 3 is 2.42 bits per heavy atom. The lowest BCUT2D eigenvalue weighted by atomic mass is 9.77. The lowest BCUT2D eigenvalue weighted by molar-refractivity contribution is -0.157. The zero-order valence-corrected chi connectivity index (χ0v) is 15.2. The number of likely N-dealkylation sites (N-methyl/N-ethyl adjacent to an activating group) is 1. The number of carbonyl (C=O) groups is 2. The minimum Gasteiger partial charge on any atom is -0.313 e. The molecule has 24 heavy (non-hydrogen) atoms. The molecule has 0 aromatic heterocycles. The van der Waals surface area contributed by atoms with E-state index in [9.17, 15) is 9.59 Å². The molecule has 2 heterocycles. The third kappa shape index (κ3) is 1.84. The molecule has 5 heteroatoms. The molecule has 1 unspecified atom stereocenters. The topological polar surface area (TPSA) is 40.6 Å². The van der Waals surface area contributed by atoms with Crippen LogP contribution >= 0.6 is 22.6 Å². The van der Waals surface area contributed by atoms with Crippen molar-refractivity contribution in [3.8, 4) is 0 Å². The monoisotopic (exact) mass is 430 g/mol. The molecule has 1 saturated heterocycles. The number of nitrogens with zero attached hydrogens (tertiary/aromatic N) is 2. The highest BCUT2D eigenvalue weighted by Crippen LogP contribution is 2.54. The van der Waals surface area contributed by atoms with Crippen LogP contribution in [0.2, 0.25) is 0 Å². The van der Waals surface area contributed by atoms with Crippen LogP contribution in [0.3, 0.4) is 0 Å². The number of rotatable bonds is 2. The highest BCUT2D eigenvalue weighted by molar-refractivity contribution is 14.1. The Morgan fingerprint density at radius 1 is 1.08 bits per heavy atom. The number of hydrogen-bond donors (Lipinski definition) is 0. The highest BCUT2D eigenvalue weighted by atomic mass is 127. The van der Waals surface area contributed by atoms with Crippen LogP contribution < -0.4 is 4.90 Å². The van der Waals surface area contributed by atoms with E-state index < -0.39 is 5.54 Å². The van der Waals surface area contributed by atoms with E-state index in [4.69, 9.17) is 0 Å². The van der Waals surface area contributed by atoms with Crippen LogP contribution in [0, 0.1) is 0 Å². The molecule has 120 valence electrons. The largest absolute Gasteiger partial charge is 0.313 e. The number of benzene rings is 2. The summed E-state index contributed by atoms with van der Waals surface area (Å²) in [5, 5.41) is 0. The molecule has 1 fully saturated rings. The molecule has 0 bridgehead atoms. The Labute approximate surface area is 153 Å². The minimum atomic E-state index is -0.907. The molecule has 0 N–H and O–H groups in total. The number of likely N-dealkylation sites (tertiary alicyclic amines) is 1. The fourth-order valence-corrected chi connectivity index (χ4v) is 4.33. The van der Waals surface area contributed by atoms with E-state index in [1.165, 1.54) is 0 Å². The van der Waals surface area contributed by atoms with Gasteiger partial charge < -0.3 is 4.90 Å². The second-order valence-electron chi connectivity index (χ2n) is 6.01. The number of halogens is 1. The third-order valence-corrected chi connectivity index (χ3v) is 5.41. The van der Waals surface area contributed by atoms with Gasteiger partial charge in [0.1, 0.15) is 0 Å². The molecule has 4 rings (SSSR count). The maximum absolute atomic E-state index is 13.1. The van der Waals surface area contributed by atoms with Gasteiger partial charge in [0.2, 0.25) is 5.91 Å². The maximum Gasteiger partial charge on any atom is 0.258 e. The average Bonchev–Trinajstić information content (AvgIpc) is 2.84.